The number of ether oxygens (including phenoxy) is 1. The Morgan fingerprint density at radius 1 is 0.964 bits per heavy atom. The third-order valence-electron chi connectivity index (χ3n) is 5.03. The molecular weight excluding hydrogens is 348 g/mol. The van der Waals surface area contributed by atoms with Crippen LogP contribution >= 0.6 is 0 Å². The van der Waals surface area contributed by atoms with E-state index < -0.39 is 0 Å². The summed E-state index contributed by atoms with van der Waals surface area (Å²) in [5.41, 5.74) is 5.34. The molecule has 0 fully saturated rings. The van der Waals surface area contributed by atoms with Gasteiger partial charge in [0.1, 0.15) is 5.75 Å². The Bertz CT molecular complexity index is 912. The summed E-state index contributed by atoms with van der Waals surface area (Å²) >= 11 is 0. The molecule has 1 aromatic heterocycles. The van der Waals surface area contributed by atoms with E-state index in [0.29, 0.717) is 5.75 Å². The second-order valence-electron chi connectivity index (χ2n) is 7.09. The average molecular weight is 377 g/mol. The van der Waals surface area contributed by atoms with Crippen molar-refractivity contribution in [1.29, 1.82) is 0 Å². The number of hydrogen-bond donors (Lipinski definition) is 0. The number of unbranched alkanes of at least 4 members (excludes halogenated alkanes) is 2. The summed E-state index contributed by atoms with van der Waals surface area (Å²) in [6.45, 7) is 6.10. The molecule has 0 radical (unpaired) electrons. The van der Waals surface area contributed by atoms with Gasteiger partial charge in [0.05, 0.1) is 5.69 Å². The van der Waals surface area contributed by atoms with Crippen LogP contribution in [0.4, 0.5) is 0 Å². The first kappa shape index (κ1) is 19.9. The maximum absolute atomic E-state index is 12.6. The van der Waals surface area contributed by atoms with Gasteiger partial charge < -0.3 is 4.74 Å². The van der Waals surface area contributed by atoms with Gasteiger partial charge in [-0.25, -0.2) is 4.68 Å². The molecule has 0 aliphatic carbocycles. The molecule has 0 aliphatic heterocycles. The van der Waals surface area contributed by atoms with Gasteiger partial charge in [0.25, 0.3) is 5.91 Å². The van der Waals surface area contributed by atoms with Gasteiger partial charge in [0.15, 0.2) is 6.61 Å². The molecule has 0 spiro atoms. The van der Waals surface area contributed by atoms with E-state index in [1.165, 1.54) is 23.1 Å². The summed E-state index contributed by atoms with van der Waals surface area (Å²) in [5, 5.41) is 4.44. The molecule has 3 aromatic rings. The highest BCUT2D eigenvalue weighted by Gasteiger charge is 2.16. The number of aryl methyl sites for hydroxylation is 1. The number of carbonyl (C=O) groups excluding carboxylic acids is 1. The molecule has 4 nitrogen and oxygen atoms in total. The number of rotatable bonds is 8. The average Bonchev–Trinajstić information content (AvgIpc) is 3.01. The largest absolute Gasteiger partial charge is 0.484 e. The summed E-state index contributed by atoms with van der Waals surface area (Å²) in [7, 11) is 0. The number of carbonyl (C=O) groups is 1. The van der Waals surface area contributed by atoms with Crippen LogP contribution in [0.2, 0.25) is 0 Å². The summed E-state index contributed by atoms with van der Waals surface area (Å²) < 4.78 is 7.20. The van der Waals surface area contributed by atoms with E-state index >= 15 is 0 Å². The Labute approximate surface area is 167 Å². The van der Waals surface area contributed by atoms with Gasteiger partial charge in [-0.05, 0) is 55.5 Å². The lowest BCUT2D eigenvalue weighted by Gasteiger charge is -2.08. The van der Waals surface area contributed by atoms with Crippen molar-refractivity contribution >= 4 is 5.91 Å². The molecule has 0 N–H and O–H groups in total. The van der Waals surface area contributed by atoms with Crippen LogP contribution in [0.25, 0.3) is 11.1 Å². The van der Waals surface area contributed by atoms with E-state index in [2.05, 4.69) is 24.2 Å². The lowest BCUT2D eigenvalue weighted by Crippen LogP contribution is -2.21. The van der Waals surface area contributed by atoms with E-state index in [9.17, 15) is 4.79 Å². The Hall–Kier alpha value is -2.88. The van der Waals surface area contributed by atoms with Gasteiger partial charge in [-0.15, -0.1) is 0 Å². The van der Waals surface area contributed by atoms with Crippen molar-refractivity contribution < 1.29 is 9.53 Å². The summed E-state index contributed by atoms with van der Waals surface area (Å²) in [4.78, 5) is 12.6. The Morgan fingerprint density at radius 2 is 1.64 bits per heavy atom. The van der Waals surface area contributed by atoms with Crippen LogP contribution < -0.4 is 4.74 Å². The van der Waals surface area contributed by atoms with E-state index in [0.717, 1.165) is 35.4 Å². The zero-order valence-corrected chi connectivity index (χ0v) is 16.9. The molecule has 0 unspecified atom stereocenters. The van der Waals surface area contributed by atoms with Crippen LogP contribution in [-0.4, -0.2) is 22.3 Å². The molecule has 0 saturated heterocycles. The van der Waals surface area contributed by atoms with Crippen molar-refractivity contribution in [3.63, 3.8) is 0 Å². The van der Waals surface area contributed by atoms with Gasteiger partial charge in [0.2, 0.25) is 0 Å². The molecule has 0 aliphatic rings. The van der Waals surface area contributed by atoms with Gasteiger partial charge >= 0.3 is 0 Å². The molecule has 1 heterocycles. The number of hydrogen-bond acceptors (Lipinski definition) is 3. The van der Waals surface area contributed by atoms with E-state index in [4.69, 9.17) is 4.74 Å². The third-order valence-corrected chi connectivity index (χ3v) is 5.03. The molecule has 28 heavy (non-hydrogen) atoms. The molecule has 0 amide bonds. The standard InChI is InChI=1S/C24H28N2O2/c1-4-5-7-12-23-18(2)25-26(19(23)3)24(27)17-28-22-15-13-21(14-16-22)20-10-8-6-9-11-20/h6,8-11,13-16H,4-5,7,12,17H2,1-3H3. The third kappa shape index (κ3) is 4.69. The van der Waals surface area contributed by atoms with Crippen molar-refractivity contribution in [2.24, 2.45) is 0 Å². The molecular formula is C24H28N2O2. The van der Waals surface area contributed by atoms with Crippen LogP contribution in [0.15, 0.2) is 54.6 Å². The Morgan fingerprint density at radius 3 is 2.32 bits per heavy atom. The van der Waals surface area contributed by atoms with E-state index in [1.54, 1.807) is 0 Å². The second-order valence-corrected chi connectivity index (χ2v) is 7.09. The van der Waals surface area contributed by atoms with Crippen LogP contribution in [0.3, 0.4) is 0 Å². The summed E-state index contributed by atoms with van der Waals surface area (Å²) in [6.07, 6.45) is 4.48. The smallest absolute Gasteiger partial charge is 0.284 e. The van der Waals surface area contributed by atoms with E-state index in [1.807, 2.05) is 56.3 Å². The highest BCUT2D eigenvalue weighted by molar-refractivity contribution is 5.80. The van der Waals surface area contributed by atoms with Crippen molar-refractivity contribution in [1.82, 2.24) is 9.78 Å². The van der Waals surface area contributed by atoms with E-state index in [-0.39, 0.29) is 12.5 Å². The van der Waals surface area contributed by atoms with Crippen molar-refractivity contribution in [2.45, 2.75) is 46.5 Å². The zero-order valence-electron chi connectivity index (χ0n) is 16.9. The maximum Gasteiger partial charge on any atom is 0.284 e. The fourth-order valence-electron chi connectivity index (χ4n) is 3.41. The summed E-state index contributed by atoms with van der Waals surface area (Å²) in [6, 6.07) is 18.0. The topological polar surface area (TPSA) is 44.1 Å². The quantitative estimate of drug-likeness (QED) is 0.479. The SMILES string of the molecule is CCCCCc1c(C)nn(C(=O)COc2ccc(-c3ccccc3)cc2)c1C. The van der Waals surface area contributed by atoms with Gasteiger partial charge in [0, 0.05) is 5.69 Å². The molecule has 4 heteroatoms. The maximum atomic E-state index is 12.6. The van der Waals surface area contributed by atoms with Gasteiger partial charge in [-0.1, -0.05) is 62.2 Å². The molecule has 2 aromatic carbocycles. The Kier molecular flexibility index (Phi) is 6.64. The highest BCUT2D eigenvalue weighted by atomic mass is 16.5. The van der Waals surface area contributed by atoms with Gasteiger partial charge in [-0.3, -0.25) is 4.79 Å². The molecule has 146 valence electrons. The minimum atomic E-state index is -0.144. The first-order chi connectivity index (χ1) is 13.6. The van der Waals surface area contributed by atoms with Gasteiger partial charge in [-0.2, -0.15) is 5.10 Å². The highest BCUT2D eigenvalue weighted by Crippen LogP contribution is 2.22. The number of benzene rings is 2. The van der Waals surface area contributed by atoms with Crippen LogP contribution in [-0.2, 0) is 6.42 Å². The number of nitrogens with zero attached hydrogens (tertiary/aromatic N) is 2. The lowest BCUT2D eigenvalue weighted by atomic mass is 10.1. The lowest BCUT2D eigenvalue weighted by molar-refractivity contribution is 0.0818. The minimum absolute atomic E-state index is 0.0267. The van der Waals surface area contributed by atoms with Crippen LogP contribution in [0.5, 0.6) is 5.75 Å². The predicted octanol–water partition coefficient (Wildman–Crippen LogP) is 5.62. The Balaban J connectivity index is 1.62. The molecule has 3 rings (SSSR count). The minimum Gasteiger partial charge on any atom is -0.484 e. The van der Waals surface area contributed by atoms with Crippen molar-refractivity contribution in [3.05, 3.63) is 71.5 Å². The second kappa shape index (κ2) is 9.36. The van der Waals surface area contributed by atoms with Crippen molar-refractivity contribution in [2.75, 3.05) is 6.61 Å². The molecule has 0 atom stereocenters. The molecule has 0 saturated carbocycles. The number of aromatic nitrogens is 2. The van der Waals surface area contributed by atoms with Crippen LogP contribution in [0, 0.1) is 13.8 Å². The monoisotopic (exact) mass is 376 g/mol. The van der Waals surface area contributed by atoms with Crippen LogP contribution in [0.1, 0.15) is 47.9 Å². The van der Waals surface area contributed by atoms with Crippen molar-refractivity contribution in [3.8, 4) is 16.9 Å². The zero-order chi connectivity index (χ0) is 19.9. The fraction of sp³-hybridized carbons (Fsp3) is 0.333. The summed E-state index contributed by atoms with van der Waals surface area (Å²) in [5.74, 6) is 0.534. The normalized spacial score (nSPS) is 10.8. The first-order valence-corrected chi connectivity index (χ1v) is 9.96. The predicted molar refractivity (Wildman–Crippen MR) is 113 cm³/mol. The molecule has 0 bridgehead atoms. The first-order valence-electron chi connectivity index (χ1n) is 9.96. The fourth-order valence-corrected chi connectivity index (χ4v) is 3.41.